The number of carbonyl (C=O) groups is 2. The zero-order valence-electron chi connectivity index (χ0n) is 16.7. The zero-order valence-corrected chi connectivity index (χ0v) is 17.4. The number of nitrogens with one attached hydrogen (secondary N) is 1. The second-order valence-electron chi connectivity index (χ2n) is 7.62. The van der Waals surface area contributed by atoms with Gasteiger partial charge in [-0.25, -0.2) is 0 Å². The molecule has 156 valence electrons. The van der Waals surface area contributed by atoms with Crippen LogP contribution < -0.4 is 19.5 Å². The van der Waals surface area contributed by atoms with Crippen LogP contribution in [-0.4, -0.2) is 50.6 Å². The molecule has 0 bridgehead atoms. The van der Waals surface area contributed by atoms with Gasteiger partial charge in [0.25, 0.3) is 0 Å². The average Bonchev–Trinajstić information content (AvgIpc) is 3.33. The molecular weight excluding hydrogens is 398 g/mol. The lowest BCUT2D eigenvalue weighted by molar-refractivity contribution is -0.129. The maximum absolute atomic E-state index is 13.4. The van der Waals surface area contributed by atoms with E-state index in [4.69, 9.17) is 30.5 Å². The lowest BCUT2D eigenvalue weighted by atomic mass is 9.74. The summed E-state index contributed by atoms with van der Waals surface area (Å²) >= 11 is 6.39. The molecule has 1 saturated heterocycles. The second kappa shape index (κ2) is 7.54. The van der Waals surface area contributed by atoms with Crippen LogP contribution in [0.1, 0.15) is 36.5 Å². The highest BCUT2D eigenvalue weighted by molar-refractivity contribution is 6.36. The van der Waals surface area contributed by atoms with Gasteiger partial charge in [-0.05, 0) is 19.3 Å². The summed E-state index contributed by atoms with van der Waals surface area (Å²) in [4.78, 5) is 26.6. The molecule has 8 heteroatoms. The molecule has 0 saturated carbocycles. The maximum Gasteiger partial charge on any atom is 0.236 e. The minimum atomic E-state index is -1.64. The number of Topliss-reactive ketones (excluding diaryl/α,β-unsaturated/α-hetero) is 1. The van der Waals surface area contributed by atoms with Crippen molar-refractivity contribution in [1.82, 2.24) is 5.32 Å². The van der Waals surface area contributed by atoms with Gasteiger partial charge < -0.3 is 24.3 Å². The Kier molecular flexibility index (Phi) is 5.21. The molecule has 0 amide bonds. The molecule has 3 aliphatic rings. The number of methoxy groups -OCH3 is 2. The van der Waals surface area contributed by atoms with Gasteiger partial charge in [-0.15, -0.1) is 0 Å². The first-order valence-electron chi connectivity index (χ1n) is 9.71. The largest absolute Gasteiger partial charge is 0.496 e. The lowest BCUT2D eigenvalue weighted by Crippen LogP contribution is -2.55. The molecule has 0 radical (unpaired) electrons. The number of halogens is 1. The predicted molar refractivity (Wildman–Crippen MR) is 106 cm³/mol. The van der Waals surface area contributed by atoms with Crippen LogP contribution in [0.2, 0.25) is 5.02 Å². The van der Waals surface area contributed by atoms with Gasteiger partial charge in [-0.1, -0.05) is 18.5 Å². The molecular formula is C21H24ClNO6. The summed E-state index contributed by atoms with van der Waals surface area (Å²) in [5.74, 6) is -0.493. The normalized spacial score (nSPS) is 28.2. The number of hydrogen-bond donors (Lipinski definition) is 1. The van der Waals surface area contributed by atoms with E-state index in [1.165, 1.54) is 26.4 Å². The summed E-state index contributed by atoms with van der Waals surface area (Å²) in [6, 6.07) is 1.53. The van der Waals surface area contributed by atoms with Gasteiger partial charge in [0.1, 0.15) is 22.1 Å². The van der Waals surface area contributed by atoms with Crippen molar-refractivity contribution in [3.63, 3.8) is 0 Å². The minimum Gasteiger partial charge on any atom is -0.496 e. The summed E-state index contributed by atoms with van der Waals surface area (Å²) in [5.41, 5.74) is -0.671. The molecule has 1 fully saturated rings. The van der Waals surface area contributed by atoms with Crippen LogP contribution >= 0.6 is 11.6 Å². The molecule has 4 rings (SSSR count). The number of ketones is 2. The Morgan fingerprint density at radius 3 is 2.66 bits per heavy atom. The van der Waals surface area contributed by atoms with Crippen molar-refractivity contribution in [2.75, 3.05) is 27.4 Å². The van der Waals surface area contributed by atoms with Gasteiger partial charge in [0.05, 0.1) is 20.3 Å². The monoisotopic (exact) mass is 421 g/mol. The summed E-state index contributed by atoms with van der Waals surface area (Å²) in [7, 11) is 2.91. The van der Waals surface area contributed by atoms with E-state index in [1.807, 2.05) is 6.92 Å². The third-order valence-corrected chi connectivity index (χ3v) is 6.25. The number of benzene rings is 1. The Balaban J connectivity index is 1.65. The summed E-state index contributed by atoms with van der Waals surface area (Å²) in [6.07, 6.45) is 4.17. The Bertz CT molecular complexity index is 892. The van der Waals surface area contributed by atoms with E-state index >= 15 is 0 Å². The number of carbonyl (C=O) groups excluding carboxylic acids is 2. The van der Waals surface area contributed by atoms with Gasteiger partial charge in [0.15, 0.2) is 5.75 Å². The van der Waals surface area contributed by atoms with E-state index in [1.54, 1.807) is 0 Å². The van der Waals surface area contributed by atoms with Gasteiger partial charge in [-0.3, -0.25) is 9.59 Å². The van der Waals surface area contributed by atoms with Crippen LogP contribution in [0.15, 0.2) is 17.8 Å². The van der Waals surface area contributed by atoms with Crippen LogP contribution in [-0.2, 0) is 9.53 Å². The van der Waals surface area contributed by atoms with E-state index in [0.717, 1.165) is 25.1 Å². The molecule has 29 heavy (non-hydrogen) atoms. The fourth-order valence-electron chi connectivity index (χ4n) is 4.30. The number of rotatable bonds is 5. The van der Waals surface area contributed by atoms with Gasteiger partial charge >= 0.3 is 0 Å². The average molecular weight is 422 g/mol. The molecule has 1 unspecified atom stereocenters. The predicted octanol–water partition coefficient (Wildman–Crippen LogP) is 2.93. The highest BCUT2D eigenvalue weighted by Crippen LogP contribution is 2.52. The van der Waals surface area contributed by atoms with Gasteiger partial charge in [0.2, 0.25) is 17.2 Å². The minimum absolute atomic E-state index is 0.136. The van der Waals surface area contributed by atoms with Crippen LogP contribution in [0.5, 0.6) is 17.2 Å². The topological polar surface area (TPSA) is 83.1 Å². The fraction of sp³-hybridized carbons (Fsp3) is 0.524. The zero-order chi connectivity index (χ0) is 20.8. The van der Waals surface area contributed by atoms with Crippen molar-refractivity contribution >= 4 is 23.2 Å². The van der Waals surface area contributed by atoms with E-state index in [0.29, 0.717) is 18.7 Å². The standard InChI is InChI=1S/C21H24ClNO6/c1-11-7-12(23-10-13-5-4-6-28-13)8-16(24)21(11)20(25)17-14(26-2)9-15(27-3)18(22)19(17)29-21/h8-9,11,13,23H,4-7,10H2,1-3H3/t11-,13?,21+/m1/s1. The second-order valence-corrected chi connectivity index (χ2v) is 8.00. The first-order chi connectivity index (χ1) is 13.9. The molecule has 2 heterocycles. The molecule has 1 N–H and O–H groups in total. The fourth-order valence-corrected chi connectivity index (χ4v) is 4.57. The SMILES string of the molecule is COc1cc(OC)c2c(c1Cl)O[C@@]1(C(=O)C=C(NCC3CCCO3)C[C@H]1C)C2=O. The number of allylic oxidation sites excluding steroid dienone is 1. The Hall–Kier alpha value is -2.25. The third-order valence-electron chi connectivity index (χ3n) is 5.89. The van der Waals surface area contributed by atoms with Crippen molar-refractivity contribution in [2.45, 2.75) is 37.9 Å². The molecule has 1 aromatic rings. The number of ether oxygens (including phenoxy) is 4. The number of fused-ring (bicyclic) bond motifs is 1. The van der Waals surface area contributed by atoms with Crippen LogP contribution in [0, 0.1) is 5.92 Å². The summed E-state index contributed by atoms with van der Waals surface area (Å²) in [6.45, 7) is 3.25. The molecule has 3 atom stereocenters. The van der Waals surface area contributed by atoms with Crippen molar-refractivity contribution in [3.05, 3.63) is 28.4 Å². The van der Waals surface area contributed by atoms with Crippen molar-refractivity contribution < 1.29 is 28.5 Å². The number of hydrogen-bond acceptors (Lipinski definition) is 7. The first kappa shape index (κ1) is 20.0. The van der Waals surface area contributed by atoms with E-state index < -0.39 is 23.1 Å². The summed E-state index contributed by atoms with van der Waals surface area (Å²) in [5, 5.41) is 3.45. The quantitative estimate of drug-likeness (QED) is 0.732. The molecule has 7 nitrogen and oxygen atoms in total. The Morgan fingerprint density at radius 1 is 1.28 bits per heavy atom. The van der Waals surface area contributed by atoms with Crippen molar-refractivity contribution in [1.29, 1.82) is 0 Å². The molecule has 0 aromatic heterocycles. The molecule has 1 aliphatic carbocycles. The van der Waals surface area contributed by atoms with E-state index in [2.05, 4.69) is 5.32 Å². The van der Waals surface area contributed by atoms with E-state index in [-0.39, 0.29) is 28.2 Å². The van der Waals surface area contributed by atoms with Crippen molar-refractivity contribution in [2.24, 2.45) is 5.92 Å². The summed E-state index contributed by atoms with van der Waals surface area (Å²) < 4.78 is 22.2. The third kappa shape index (κ3) is 3.07. The highest BCUT2D eigenvalue weighted by Gasteiger charge is 2.60. The van der Waals surface area contributed by atoms with Gasteiger partial charge in [0, 0.05) is 36.9 Å². The maximum atomic E-state index is 13.4. The van der Waals surface area contributed by atoms with Crippen LogP contribution in [0.3, 0.4) is 0 Å². The molecule has 1 spiro atoms. The molecule has 2 aliphatic heterocycles. The Morgan fingerprint density at radius 2 is 2.03 bits per heavy atom. The molecule has 1 aromatic carbocycles. The van der Waals surface area contributed by atoms with E-state index in [9.17, 15) is 9.59 Å². The smallest absolute Gasteiger partial charge is 0.236 e. The van der Waals surface area contributed by atoms with Gasteiger partial charge in [-0.2, -0.15) is 0 Å². The van der Waals surface area contributed by atoms with Crippen LogP contribution in [0.4, 0.5) is 0 Å². The lowest BCUT2D eigenvalue weighted by Gasteiger charge is -2.35. The Labute approximate surface area is 174 Å². The van der Waals surface area contributed by atoms with Crippen molar-refractivity contribution in [3.8, 4) is 17.2 Å². The van der Waals surface area contributed by atoms with Crippen LogP contribution in [0.25, 0.3) is 0 Å². The first-order valence-corrected chi connectivity index (χ1v) is 10.1. The highest BCUT2D eigenvalue weighted by atomic mass is 35.5.